The van der Waals surface area contributed by atoms with Gasteiger partial charge >= 0.3 is 0 Å². The Morgan fingerprint density at radius 1 is 1.00 bits per heavy atom. The molecule has 5 rings (SSSR count). The SMILES string of the molecule is CC1(C)O[C@H]2OC3(CNC(=CC(=O)c4ccccc4)NC3)[C@@H](OCc3ccccc3)[C@H]2O1. The van der Waals surface area contributed by atoms with Crippen LogP contribution in [-0.4, -0.2) is 48.8 Å². The average Bonchev–Trinajstić information content (AvgIpc) is 3.23. The molecule has 0 saturated carbocycles. The summed E-state index contributed by atoms with van der Waals surface area (Å²) < 4.78 is 24.9. The van der Waals surface area contributed by atoms with Crippen LogP contribution in [-0.2, 0) is 25.6 Å². The lowest BCUT2D eigenvalue weighted by Gasteiger charge is -2.41. The first kappa shape index (κ1) is 21.2. The second-order valence-corrected chi connectivity index (χ2v) is 8.86. The summed E-state index contributed by atoms with van der Waals surface area (Å²) in [5.41, 5.74) is 1.03. The molecule has 7 heteroatoms. The number of hydrogen-bond donors (Lipinski definition) is 2. The fourth-order valence-corrected chi connectivity index (χ4v) is 4.48. The van der Waals surface area contributed by atoms with E-state index in [0.29, 0.717) is 31.1 Å². The molecule has 7 nitrogen and oxygen atoms in total. The van der Waals surface area contributed by atoms with Crippen LogP contribution in [0.4, 0.5) is 0 Å². The summed E-state index contributed by atoms with van der Waals surface area (Å²) in [7, 11) is 0. The number of ketones is 1. The van der Waals surface area contributed by atoms with Crippen LogP contribution in [0.5, 0.6) is 0 Å². The van der Waals surface area contributed by atoms with Crippen LogP contribution in [0.15, 0.2) is 72.6 Å². The number of benzene rings is 2. The van der Waals surface area contributed by atoms with Crippen LogP contribution in [0.25, 0.3) is 0 Å². The third-order valence-corrected chi connectivity index (χ3v) is 6.02. The average molecular weight is 437 g/mol. The number of rotatable bonds is 5. The predicted molar refractivity (Wildman–Crippen MR) is 118 cm³/mol. The van der Waals surface area contributed by atoms with Gasteiger partial charge in [0.25, 0.3) is 0 Å². The molecular formula is C25H28N2O5. The molecule has 3 aliphatic heterocycles. The number of fused-ring (bicyclic) bond motifs is 1. The standard InChI is InChI=1S/C25H28N2O5/c1-24(2)30-21-22(29-14-17-9-5-3-6-10-17)25(32-23(21)31-24)15-26-20(27-16-25)13-19(28)18-11-7-4-8-12-18/h3-13,21-23,26-27H,14-16H2,1-2H3/t21-,22+,23+,25?/m1/s1. The summed E-state index contributed by atoms with van der Waals surface area (Å²) in [6.07, 6.45) is 0.383. The van der Waals surface area contributed by atoms with E-state index in [4.69, 9.17) is 18.9 Å². The molecule has 3 aliphatic rings. The zero-order chi connectivity index (χ0) is 22.2. The van der Waals surface area contributed by atoms with Gasteiger partial charge in [-0.1, -0.05) is 60.7 Å². The van der Waals surface area contributed by atoms with Crippen molar-refractivity contribution in [1.29, 1.82) is 0 Å². The Morgan fingerprint density at radius 2 is 1.66 bits per heavy atom. The first-order chi connectivity index (χ1) is 15.4. The summed E-state index contributed by atoms with van der Waals surface area (Å²) in [6, 6.07) is 19.2. The molecule has 3 atom stereocenters. The highest BCUT2D eigenvalue weighted by Gasteiger charge is 2.63. The zero-order valence-corrected chi connectivity index (χ0v) is 18.2. The lowest BCUT2D eigenvalue weighted by molar-refractivity contribution is -0.244. The van der Waals surface area contributed by atoms with Gasteiger partial charge in [0, 0.05) is 24.7 Å². The lowest BCUT2D eigenvalue weighted by Crippen LogP contribution is -2.62. The van der Waals surface area contributed by atoms with E-state index in [1.807, 2.05) is 62.4 Å². The van der Waals surface area contributed by atoms with Gasteiger partial charge in [-0.3, -0.25) is 4.79 Å². The van der Waals surface area contributed by atoms with E-state index in [2.05, 4.69) is 10.6 Å². The molecule has 2 aromatic carbocycles. The molecule has 168 valence electrons. The Hall–Kier alpha value is -2.71. The second kappa shape index (κ2) is 8.33. The number of hydrogen-bond acceptors (Lipinski definition) is 7. The molecule has 3 saturated heterocycles. The number of ether oxygens (including phenoxy) is 4. The van der Waals surface area contributed by atoms with E-state index >= 15 is 0 Å². The van der Waals surface area contributed by atoms with Crippen LogP contribution >= 0.6 is 0 Å². The van der Waals surface area contributed by atoms with Crippen molar-refractivity contribution in [3.05, 3.63) is 83.7 Å². The van der Waals surface area contributed by atoms with E-state index in [1.165, 1.54) is 0 Å². The van der Waals surface area contributed by atoms with Gasteiger partial charge in [-0.2, -0.15) is 0 Å². The molecule has 2 N–H and O–H groups in total. The van der Waals surface area contributed by atoms with Crippen LogP contribution in [0.2, 0.25) is 0 Å². The smallest absolute Gasteiger partial charge is 0.190 e. The van der Waals surface area contributed by atoms with Crippen molar-refractivity contribution < 1.29 is 23.7 Å². The van der Waals surface area contributed by atoms with Gasteiger partial charge in [-0.25, -0.2) is 0 Å². The number of carbonyl (C=O) groups excluding carboxylic acids is 1. The monoisotopic (exact) mass is 436 g/mol. The Morgan fingerprint density at radius 3 is 2.34 bits per heavy atom. The van der Waals surface area contributed by atoms with E-state index in [-0.39, 0.29) is 18.0 Å². The quantitative estimate of drug-likeness (QED) is 0.551. The van der Waals surface area contributed by atoms with Crippen molar-refractivity contribution in [3.63, 3.8) is 0 Å². The van der Waals surface area contributed by atoms with Gasteiger partial charge in [0.2, 0.25) is 0 Å². The van der Waals surface area contributed by atoms with Gasteiger partial charge in [0.15, 0.2) is 17.9 Å². The highest BCUT2D eigenvalue weighted by molar-refractivity contribution is 6.04. The number of nitrogens with one attached hydrogen (secondary N) is 2. The third-order valence-electron chi connectivity index (χ3n) is 6.02. The maximum atomic E-state index is 12.5. The van der Waals surface area contributed by atoms with Gasteiger partial charge in [-0.05, 0) is 19.4 Å². The molecule has 0 bridgehead atoms. The summed E-state index contributed by atoms with van der Waals surface area (Å²) >= 11 is 0. The highest BCUT2D eigenvalue weighted by atomic mass is 16.8. The molecule has 0 aromatic heterocycles. The van der Waals surface area contributed by atoms with Crippen LogP contribution in [0, 0.1) is 0 Å². The lowest BCUT2D eigenvalue weighted by atomic mass is 9.93. The van der Waals surface area contributed by atoms with Crippen molar-refractivity contribution in [2.75, 3.05) is 13.1 Å². The summed E-state index contributed by atoms with van der Waals surface area (Å²) in [5, 5.41) is 6.61. The second-order valence-electron chi connectivity index (χ2n) is 8.86. The Bertz CT molecular complexity index is 982. The Kier molecular flexibility index (Phi) is 5.51. The number of allylic oxidation sites excluding steroid dienone is 1. The van der Waals surface area contributed by atoms with Crippen molar-refractivity contribution in [2.45, 2.75) is 50.3 Å². The molecule has 0 amide bonds. The molecule has 3 fully saturated rings. The molecule has 0 unspecified atom stereocenters. The molecular weight excluding hydrogens is 408 g/mol. The third kappa shape index (κ3) is 4.17. The fourth-order valence-electron chi connectivity index (χ4n) is 4.48. The molecule has 0 radical (unpaired) electrons. The molecule has 3 heterocycles. The van der Waals surface area contributed by atoms with E-state index in [9.17, 15) is 4.79 Å². The maximum absolute atomic E-state index is 12.5. The van der Waals surface area contributed by atoms with Crippen LogP contribution in [0.1, 0.15) is 29.8 Å². The molecule has 2 aromatic rings. The maximum Gasteiger partial charge on any atom is 0.190 e. The van der Waals surface area contributed by atoms with Crippen LogP contribution < -0.4 is 10.6 Å². The zero-order valence-electron chi connectivity index (χ0n) is 18.2. The number of carbonyl (C=O) groups is 1. The van der Waals surface area contributed by atoms with Crippen molar-refractivity contribution >= 4 is 5.78 Å². The van der Waals surface area contributed by atoms with Crippen molar-refractivity contribution in [3.8, 4) is 0 Å². The van der Waals surface area contributed by atoms with E-state index in [1.54, 1.807) is 18.2 Å². The first-order valence-corrected chi connectivity index (χ1v) is 10.9. The minimum atomic E-state index is -0.728. The molecule has 1 spiro atoms. The van der Waals surface area contributed by atoms with Crippen LogP contribution in [0.3, 0.4) is 0 Å². The summed E-state index contributed by atoms with van der Waals surface area (Å²) in [5.74, 6) is -0.131. The highest BCUT2D eigenvalue weighted by Crippen LogP contribution is 2.44. The van der Waals surface area contributed by atoms with Gasteiger partial charge < -0.3 is 29.6 Å². The Balaban J connectivity index is 1.31. The topological polar surface area (TPSA) is 78.1 Å². The van der Waals surface area contributed by atoms with Gasteiger partial charge in [0.05, 0.1) is 6.61 Å². The molecule has 32 heavy (non-hydrogen) atoms. The van der Waals surface area contributed by atoms with Crippen molar-refractivity contribution in [2.24, 2.45) is 0 Å². The fraction of sp³-hybridized carbons (Fsp3) is 0.400. The summed E-state index contributed by atoms with van der Waals surface area (Å²) in [6.45, 7) is 5.13. The van der Waals surface area contributed by atoms with Crippen molar-refractivity contribution in [1.82, 2.24) is 10.6 Å². The molecule has 0 aliphatic carbocycles. The Labute approximate surface area is 187 Å². The van der Waals surface area contributed by atoms with Gasteiger partial charge in [0.1, 0.15) is 23.6 Å². The predicted octanol–water partition coefficient (Wildman–Crippen LogP) is 2.74. The first-order valence-electron chi connectivity index (χ1n) is 10.9. The largest absolute Gasteiger partial charge is 0.369 e. The summed E-state index contributed by atoms with van der Waals surface area (Å²) in [4.78, 5) is 12.5. The van der Waals surface area contributed by atoms with E-state index < -0.39 is 17.7 Å². The van der Waals surface area contributed by atoms with Gasteiger partial charge in [-0.15, -0.1) is 0 Å². The van der Waals surface area contributed by atoms with E-state index in [0.717, 1.165) is 5.56 Å². The normalized spacial score (nSPS) is 30.4. The minimum Gasteiger partial charge on any atom is -0.369 e. The minimum absolute atomic E-state index is 0.0638.